The zero-order chi connectivity index (χ0) is 22.7. The lowest BCUT2D eigenvalue weighted by Crippen LogP contribution is -2.37. The second-order valence-electron chi connectivity index (χ2n) is 8.11. The number of benzene rings is 1. The molecule has 166 valence electrons. The molecule has 3 amide bonds. The second kappa shape index (κ2) is 9.17. The molecule has 4 rings (SSSR count). The van der Waals surface area contributed by atoms with Gasteiger partial charge in [0.1, 0.15) is 0 Å². The van der Waals surface area contributed by atoms with Gasteiger partial charge in [0.2, 0.25) is 5.91 Å². The fourth-order valence-electron chi connectivity index (χ4n) is 3.94. The van der Waals surface area contributed by atoms with Crippen LogP contribution in [0.25, 0.3) is 0 Å². The van der Waals surface area contributed by atoms with Gasteiger partial charge in [0.25, 0.3) is 0 Å². The number of aliphatic carboxylic acids is 1. The van der Waals surface area contributed by atoms with Crippen molar-refractivity contribution in [2.45, 2.75) is 39.3 Å². The molecule has 0 radical (unpaired) electrons. The minimum absolute atomic E-state index is 0.00278. The first kappa shape index (κ1) is 21.5. The van der Waals surface area contributed by atoms with E-state index in [1.165, 1.54) is 5.01 Å². The topological polar surface area (TPSA) is 115 Å². The highest BCUT2D eigenvalue weighted by Crippen LogP contribution is 2.24. The molecule has 2 N–H and O–H groups in total. The third-order valence-corrected chi connectivity index (χ3v) is 5.67. The number of aromatic nitrogens is 1. The van der Waals surface area contributed by atoms with Gasteiger partial charge in [0.15, 0.2) is 0 Å². The lowest BCUT2D eigenvalue weighted by atomic mass is 9.93. The van der Waals surface area contributed by atoms with E-state index >= 15 is 0 Å². The average molecular weight is 435 g/mol. The molecule has 0 saturated heterocycles. The van der Waals surface area contributed by atoms with Crippen molar-refractivity contribution >= 4 is 29.3 Å². The molecule has 2 aliphatic heterocycles. The first-order valence-corrected chi connectivity index (χ1v) is 10.6. The van der Waals surface area contributed by atoms with Gasteiger partial charge in [0.05, 0.1) is 5.71 Å². The maximum Gasteiger partial charge on any atom is 0.322 e. The Bertz CT molecular complexity index is 1040. The van der Waals surface area contributed by atoms with Crippen molar-refractivity contribution in [3.63, 3.8) is 0 Å². The number of hydrogen-bond acceptors (Lipinski definition) is 5. The van der Waals surface area contributed by atoms with Crippen LogP contribution in [0.3, 0.4) is 0 Å². The van der Waals surface area contributed by atoms with Crippen LogP contribution in [0.15, 0.2) is 47.8 Å². The molecule has 1 unspecified atom stereocenters. The molecular formula is C23H25N5O4. The van der Waals surface area contributed by atoms with Crippen molar-refractivity contribution in [3.05, 3.63) is 59.4 Å². The molecule has 0 aliphatic carbocycles. The van der Waals surface area contributed by atoms with Gasteiger partial charge in [-0.25, -0.2) is 9.80 Å². The van der Waals surface area contributed by atoms with Gasteiger partial charge in [0, 0.05) is 56.5 Å². The largest absolute Gasteiger partial charge is 0.481 e. The van der Waals surface area contributed by atoms with E-state index in [2.05, 4.69) is 15.4 Å². The number of hydrogen-bond donors (Lipinski definition) is 2. The number of carboxylic acids is 1. The average Bonchev–Trinajstić information content (AvgIpc) is 3.20. The summed E-state index contributed by atoms with van der Waals surface area (Å²) in [5.74, 6) is -1.04. The molecule has 2 aliphatic rings. The highest BCUT2D eigenvalue weighted by molar-refractivity contribution is 6.06. The van der Waals surface area contributed by atoms with Crippen molar-refractivity contribution in [1.29, 1.82) is 0 Å². The lowest BCUT2D eigenvalue weighted by Gasteiger charge is -2.27. The van der Waals surface area contributed by atoms with Crippen LogP contribution >= 0.6 is 0 Å². The number of pyridine rings is 1. The molecule has 0 spiro atoms. The summed E-state index contributed by atoms with van der Waals surface area (Å²) in [6.45, 7) is 3.32. The molecule has 2 aromatic rings. The number of amides is 3. The molecular weight excluding hydrogens is 410 g/mol. The van der Waals surface area contributed by atoms with Gasteiger partial charge in [-0.3, -0.25) is 14.6 Å². The molecule has 1 atom stereocenters. The normalized spacial score (nSPS) is 17.7. The quantitative estimate of drug-likeness (QED) is 0.724. The van der Waals surface area contributed by atoms with Crippen LogP contribution in [0, 0.1) is 5.92 Å². The number of carbonyl (C=O) groups excluding carboxylic acids is 2. The van der Waals surface area contributed by atoms with E-state index in [4.69, 9.17) is 5.11 Å². The van der Waals surface area contributed by atoms with Gasteiger partial charge in [-0.1, -0.05) is 19.1 Å². The van der Waals surface area contributed by atoms with Crippen LogP contribution in [0.5, 0.6) is 0 Å². The number of rotatable bonds is 6. The SMILES string of the molecule is CC1CC(=O)N(CCCC(=O)O)N=C1c1ccc(NC(=O)N2Cc3ccncc3C2)cc1. The second-order valence-corrected chi connectivity index (χ2v) is 8.11. The zero-order valence-electron chi connectivity index (χ0n) is 17.8. The van der Waals surface area contributed by atoms with Crippen LogP contribution in [-0.4, -0.2) is 50.2 Å². The van der Waals surface area contributed by atoms with Gasteiger partial charge < -0.3 is 15.3 Å². The fraction of sp³-hybridized carbons (Fsp3) is 0.348. The summed E-state index contributed by atoms with van der Waals surface area (Å²) in [5.41, 5.74) is 4.49. The van der Waals surface area contributed by atoms with Crippen LogP contribution in [0.1, 0.15) is 42.9 Å². The zero-order valence-corrected chi connectivity index (χ0v) is 17.8. The minimum atomic E-state index is -0.890. The van der Waals surface area contributed by atoms with Crippen LogP contribution < -0.4 is 5.32 Å². The molecule has 0 bridgehead atoms. The third-order valence-electron chi connectivity index (χ3n) is 5.67. The highest BCUT2D eigenvalue weighted by Gasteiger charge is 2.27. The van der Waals surface area contributed by atoms with Crippen molar-refractivity contribution < 1.29 is 19.5 Å². The summed E-state index contributed by atoms with van der Waals surface area (Å²) in [5, 5.41) is 17.6. The summed E-state index contributed by atoms with van der Waals surface area (Å²) in [7, 11) is 0. The molecule has 1 aromatic heterocycles. The fourth-order valence-corrected chi connectivity index (χ4v) is 3.94. The van der Waals surface area contributed by atoms with E-state index in [-0.39, 0.29) is 30.8 Å². The smallest absolute Gasteiger partial charge is 0.322 e. The number of anilines is 1. The van der Waals surface area contributed by atoms with E-state index in [1.54, 1.807) is 17.3 Å². The Hall–Kier alpha value is -3.75. The van der Waals surface area contributed by atoms with Crippen molar-refractivity contribution in [1.82, 2.24) is 14.9 Å². The van der Waals surface area contributed by atoms with E-state index < -0.39 is 5.97 Å². The van der Waals surface area contributed by atoms with E-state index in [0.29, 0.717) is 31.6 Å². The molecule has 0 fully saturated rings. The summed E-state index contributed by atoms with van der Waals surface area (Å²) in [4.78, 5) is 41.5. The number of hydrazone groups is 1. The number of fused-ring (bicyclic) bond motifs is 1. The van der Waals surface area contributed by atoms with Gasteiger partial charge in [-0.2, -0.15) is 5.10 Å². The molecule has 9 nitrogen and oxygen atoms in total. The van der Waals surface area contributed by atoms with E-state index in [0.717, 1.165) is 22.4 Å². The summed E-state index contributed by atoms with van der Waals surface area (Å²) < 4.78 is 0. The summed E-state index contributed by atoms with van der Waals surface area (Å²) in [6, 6.07) is 9.14. The maximum absolute atomic E-state index is 12.6. The maximum atomic E-state index is 12.6. The molecule has 9 heteroatoms. The monoisotopic (exact) mass is 435 g/mol. The predicted octanol–water partition coefficient (Wildman–Crippen LogP) is 3.07. The number of nitrogens with one attached hydrogen (secondary N) is 1. The van der Waals surface area contributed by atoms with Crippen LogP contribution in [-0.2, 0) is 22.7 Å². The van der Waals surface area contributed by atoms with Crippen molar-refractivity contribution in [3.8, 4) is 0 Å². The Balaban J connectivity index is 1.40. The van der Waals surface area contributed by atoms with E-state index in [9.17, 15) is 14.4 Å². The first-order valence-electron chi connectivity index (χ1n) is 10.6. The lowest BCUT2D eigenvalue weighted by molar-refractivity contribution is -0.138. The van der Waals surface area contributed by atoms with E-state index in [1.807, 2.05) is 37.3 Å². The summed E-state index contributed by atoms with van der Waals surface area (Å²) in [6.07, 6.45) is 4.20. The third kappa shape index (κ3) is 4.77. The van der Waals surface area contributed by atoms with Gasteiger partial charge in [-0.15, -0.1) is 0 Å². The Labute approximate surface area is 185 Å². The van der Waals surface area contributed by atoms with Crippen molar-refractivity contribution in [2.75, 3.05) is 11.9 Å². The number of carbonyl (C=O) groups is 3. The molecule has 0 saturated carbocycles. The Morgan fingerprint density at radius 1 is 1.16 bits per heavy atom. The van der Waals surface area contributed by atoms with Gasteiger partial charge in [-0.05, 0) is 41.3 Å². The minimum Gasteiger partial charge on any atom is -0.481 e. The Kier molecular flexibility index (Phi) is 6.16. The first-order chi connectivity index (χ1) is 15.4. The standard InChI is InChI=1S/C23H25N5O4/c1-15-11-20(29)28(10-2-3-21(30)31)26-22(15)16-4-6-19(7-5-16)25-23(32)27-13-17-8-9-24-12-18(17)14-27/h4-9,12,15H,2-3,10-11,13-14H2,1H3,(H,25,32)(H,30,31). The molecule has 3 heterocycles. The number of urea groups is 1. The predicted molar refractivity (Wildman–Crippen MR) is 118 cm³/mol. The molecule has 32 heavy (non-hydrogen) atoms. The van der Waals surface area contributed by atoms with Crippen LogP contribution in [0.2, 0.25) is 0 Å². The van der Waals surface area contributed by atoms with Crippen LogP contribution in [0.4, 0.5) is 10.5 Å². The molecule has 1 aromatic carbocycles. The van der Waals surface area contributed by atoms with Gasteiger partial charge >= 0.3 is 12.0 Å². The summed E-state index contributed by atoms with van der Waals surface area (Å²) >= 11 is 0. The van der Waals surface area contributed by atoms with Crippen molar-refractivity contribution in [2.24, 2.45) is 11.0 Å². The Morgan fingerprint density at radius 3 is 2.62 bits per heavy atom. The highest BCUT2D eigenvalue weighted by atomic mass is 16.4. The Morgan fingerprint density at radius 2 is 1.91 bits per heavy atom. The number of nitrogens with zero attached hydrogens (tertiary/aromatic N) is 4. The number of carboxylic acid groups (broad SMARTS) is 1.